The zero-order chi connectivity index (χ0) is 20.9. The maximum Gasteiger partial charge on any atom is 0.234 e. The average Bonchev–Trinajstić information content (AvgIpc) is 3.40. The van der Waals surface area contributed by atoms with Gasteiger partial charge in [-0.15, -0.1) is 10.2 Å². The van der Waals surface area contributed by atoms with E-state index in [2.05, 4.69) is 20.4 Å². The van der Waals surface area contributed by atoms with Crippen molar-refractivity contribution in [1.82, 2.24) is 19.7 Å². The lowest BCUT2D eigenvalue weighted by Gasteiger charge is -2.16. The molecule has 0 bridgehead atoms. The lowest BCUT2D eigenvalue weighted by Crippen LogP contribution is -2.21. The molecular weight excluding hydrogens is 441 g/mol. The predicted molar refractivity (Wildman–Crippen MR) is 122 cm³/mol. The molecule has 0 atom stereocenters. The maximum atomic E-state index is 12.4. The summed E-state index contributed by atoms with van der Waals surface area (Å²) in [6.45, 7) is 2.91. The second kappa shape index (κ2) is 9.83. The van der Waals surface area contributed by atoms with Crippen LogP contribution in [0, 0.1) is 0 Å². The van der Waals surface area contributed by atoms with E-state index in [-0.39, 0.29) is 11.7 Å². The van der Waals surface area contributed by atoms with Crippen LogP contribution in [0.15, 0.2) is 53.7 Å². The number of carbonyl (C=O) groups is 1. The zero-order valence-electron chi connectivity index (χ0n) is 16.2. The van der Waals surface area contributed by atoms with Crippen molar-refractivity contribution in [2.75, 3.05) is 24.2 Å². The molecule has 3 aromatic rings. The molecule has 6 nitrogen and oxygen atoms in total. The van der Waals surface area contributed by atoms with Crippen LogP contribution in [-0.2, 0) is 11.3 Å². The Kier molecular flexibility index (Phi) is 6.94. The van der Waals surface area contributed by atoms with Crippen molar-refractivity contribution in [2.24, 2.45) is 0 Å². The van der Waals surface area contributed by atoms with E-state index in [4.69, 9.17) is 23.2 Å². The highest BCUT2D eigenvalue weighted by Crippen LogP contribution is 2.26. The summed E-state index contributed by atoms with van der Waals surface area (Å²) < 4.78 is 2.04. The summed E-state index contributed by atoms with van der Waals surface area (Å²) in [4.78, 5) is 14.8. The molecule has 0 radical (unpaired) electrons. The van der Waals surface area contributed by atoms with Gasteiger partial charge in [0.15, 0.2) is 11.0 Å². The van der Waals surface area contributed by atoms with Crippen molar-refractivity contribution in [1.29, 1.82) is 0 Å². The van der Waals surface area contributed by atoms with E-state index in [9.17, 15) is 4.79 Å². The van der Waals surface area contributed by atoms with Gasteiger partial charge in [0.05, 0.1) is 22.3 Å². The first-order valence-electron chi connectivity index (χ1n) is 9.70. The standard InChI is InChI=1S/C21H21Cl2N5OS/c22-17-9-8-15(12-18(17)23)24-20(29)14-30-21-26-25-19(13-27-10-4-5-11-27)28(21)16-6-2-1-3-7-16/h1-3,6-9,12H,4-5,10-11,13-14H2,(H,24,29). The number of nitrogens with one attached hydrogen (secondary N) is 1. The van der Waals surface area contributed by atoms with Crippen molar-refractivity contribution >= 4 is 46.6 Å². The van der Waals surface area contributed by atoms with E-state index < -0.39 is 0 Å². The van der Waals surface area contributed by atoms with Gasteiger partial charge < -0.3 is 5.32 Å². The number of likely N-dealkylation sites (tertiary alicyclic amines) is 1. The molecule has 156 valence electrons. The van der Waals surface area contributed by atoms with Crippen LogP contribution in [0.25, 0.3) is 5.69 Å². The van der Waals surface area contributed by atoms with Gasteiger partial charge in [0, 0.05) is 11.4 Å². The monoisotopic (exact) mass is 461 g/mol. The lowest BCUT2D eigenvalue weighted by atomic mass is 10.3. The first-order chi connectivity index (χ1) is 14.6. The van der Waals surface area contributed by atoms with Crippen LogP contribution in [-0.4, -0.2) is 44.4 Å². The Hall–Kier alpha value is -2.06. The van der Waals surface area contributed by atoms with Crippen LogP contribution in [0.5, 0.6) is 0 Å². The molecule has 0 unspecified atom stereocenters. The van der Waals surface area contributed by atoms with Crippen LogP contribution in [0.1, 0.15) is 18.7 Å². The number of anilines is 1. The fourth-order valence-corrected chi connectivity index (χ4v) is 4.44. The topological polar surface area (TPSA) is 63.1 Å². The van der Waals surface area contributed by atoms with Gasteiger partial charge in [0.25, 0.3) is 0 Å². The molecule has 2 heterocycles. The van der Waals surface area contributed by atoms with Crippen LogP contribution in [0.3, 0.4) is 0 Å². The van der Waals surface area contributed by atoms with Crippen molar-refractivity contribution < 1.29 is 4.79 Å². The minimum Gasteiger partial charge on any atom is -0.325 e. The largest absolute Gasteiger partial charge is 0.325 e. The van der Waals surface area contributed by atoms with Gasteiger partial charge in [0.2, 0.25) is 5.91 Å². The van der Waals surface area contributed by atoms with Gasteiger partial charge in [-0.1, -0.05) is 53.2 Å². The smallest absolute Gasteiger partial charge is 0.234 e. The van der Waals surface area contributed by atoms with Gasteiger partial charge in [-0.3, -0.25) is 14.3 Å². The van der Waals surface area contributed by atoms with Crippen molar-refractivity contribution in [2.45, 2.75) is 24.5 Å². The molecule has 0 saturated carbocycles. The molecule has 1 aromatic heterocycles. The van der Waals surface area contributed by atoms with Crippen LogP contribution < -0.4 is 5.32 Å². The minimum absolute atomic E-state index is 0.151. The Bertz CT molecular complexity index is 1020. The predicted octanol–water partition coefficient (Wildman–Crippen LogP) is 4.90. The summed E-state index contributed by atoms with van der Waals surface area (Å²) in [7, 11) is 0. The van der Waals surface area contributed by atoms with Crippen molar-refractivity contribution in [3.63, 3.8) is 0 Å². The molecule has 4 rings (SSSR count). The van der Waals surface area contributed by atoms with Crippen LogP contribution in [0.4, 0.5) is 5.69 Å². The second-order valence-corrected chi connectivity index (χ2v) is 8.78. The van der Waals surface area contributed by atoms with E-state index >= 15 is 0 Å². The number of hydrogen-bond donors (Lipinski definition) is 1. The number of aromatic nitrogens is 3. The van der Waals surface area contributed by atoms with E-state index in [1.165, 1.54) is 24.6 Å². The Labute approximate surface area is 189 Å². The van der Waals surface area contributed by atoms with E-state index in [0.717, 1.165) is 31.1 Å². The summed E-state index contributed by atoms with van der Waals surface area (Å²) in [5.74, 6) is 0.937. The van der Waals surface area contributed by atoms with E-state index in [0.29, 0.717) is 20.9 Å². The van der Waals surface area contributed by atoms with Crippen molar-refractivity contribution in [3.05, 3.63) is 64.4 Å². The Morgan fingerprint density at radius 3 is 2.53 bits per heavy atom. The number of benzene rings is 2. The summed E-state index contributed by atoms with van der Waals surface area (Å²) in [5.41, 5.74) is 1.60. The third-order valence-electron chi connectivity index (χ3n) is 4.81. The number of hydrogen-bond acceptors (Lipinski definition) is 5. The minimum atomic E-state index is -0.151. The fraction of sp³-hybridized carbons (Fsp3) is 0.286. The molecule has 30 heavy (non-hydrogen) atoms. The molecule has 2 aromatic carbocycles. The van der Waals surface area contributed by atoms with Gasteiger partial charge >= 0.3 is 0 Å². The number of thioether (sulfide) groups is 1. The highest BCUT2D eigenvalue weighted by Gasteiger charge is 2.20. The van der Waals surface area contributed by atoms with E-state index in [1.807, 2.05) is 34.9 Å². The first-order valence-corrected chi connectivity index (χ1v) is 11.4. The van der Waals surface area contributed by atoms with Gasteiger partial charge in [-0.05, 0) is 56.3 Å². The van der Waals surface area contributed by atoms with Gasteiger partial charge in [-0.25, -0.2) is 0 Å². The summed E-state index contributed by atoms with van der Waals surface area (Å²) >= 11 is 13.3. The molecule has 1 fully saturated rings. The number of para-hydroxylation sites is 1. The lowest BCUT2D eigenvalue weighted by molar-refractivity contribution is -0.113. The Balaban J connectivity index is 1.48. The average molecular weight is 462 g/mol. The fourth-order valence-electron chi connectivity index (χ4n) is 3.37. The normalized spacial score (nSPS) is 14.2. The summed E-state index contributed by atoms with van der Waals surface area (Å²) in [6, 6.07) is 15.0. The Morgan fingerprint density at radius 1 is 1.03 bits per heavy atom. The van der Waals surface area contributed by atoms with E-state index in [1.54, 1.807) is 18.2 Å². The molecule has 1 saturated heterocycles. The zero-order valence-corrected chi connectivity index (χ0v) is 18.6. The highest BCUT2D eigenvalue weighted by molar-refractivity contribution is 7.99. The number of nitrogens with zero attached hydrogens (tertiary/aromatic N) is 4. The molecule has 1 N–H and O–H groups in total. The molecular formula is C21H21Cl2N5OS. The molecule has 9 heteroatoms. The third kappa shape index (κ3) is 5.16. The molecule has 0 spiro atoms. The van der Waals surface area contributed by atoms with Crippen LogP contribution in [0.2, 0.25) is 10.0 Å². The number of rotatable bonds is 7. The highest BCUT2D eigenvalue weighted by atomic mass is 35.5. The molecule has 0 aliphatic carbocycles. The summed E-state index contributed by atoms with van der Waals surface area (Å²) in [6.07, 6.45) is 2.44. The van der Waals surface area contributed by atoms with Crippen molar-refractivity contribution in [3.8, 4) is 5.69 Å². The first kappa shape index (κ1) is 21.2. The maximum absolute atomic E-state index is 12.4. The second-order valence-electron chi connectivity index (χ2n) is 7.02. The number of halogens is 2. The quantitative estimate of drug-likeness (QED) is 0.506. The van der Waals surface area contributed by atoms with Crippen LogP contribution >= 0.6 is 35.0 Å². The molecule has 1 aliphatic rings. The number of carbonyl (C=O) groups excluding carboxylic acids is 1. The molecule has 1 aliphatic heterocycles. The van der Waals surface area contributed by atoms with Gasteiger partial charge in [-0.2, -0.15) is 0 Å². The SMILES string of the molecule is O=C(CSc1nnc(CN2CCCC2)n1-c1ccccc1)Nc1ccc(Cl)c(Cl)c1. The third-order valence-corrected chi connectivity index (χ3v) is 6.48. The summed E-state index contributed by atoms with van der Waals surface area (Å²) in [5, 5.41) is 13.2. The Morgan fingerprint density at radius 2 is 1.80 bits per heavy atom. The number of amides is 1. The molecule has 1 amide bonds. The van der Waals surface area contributed by atoms with Gasteiger partial charge in [0.1, 0.15) is 0 Å².